The van der Waals surface area contributed by atoms with Crippen LogP contribution in [0.1, 0.15) is 37.7 Å². The van der Waals surface area contributed by atoms with Gasteiger partial charge in [0.1, 0.15) is 18.0 Å². The molecule has 0 spiro atoms. The first-order chi connectivity index (χ1) is 14.3. The first-order valence-corrected chi connectivity index (χ1v) is 10.3. The van der Waals surface area contributed by atoms with Gasteiger partial charge in [0.05, 0.1) is 18.7 Å². The summed E-state index contributed by atoms with van der Waals surface area (Å²) in [6, 6.07) is 1.93. The van der Waals surface area contributed by atoms with Crippen LogP contribution in [0.25, 0.3) is 0 Å². The van der Waals surface area contributed by atoms with Crippen LogP contribution >= 0.6 is 0 Å². The molecular formula is C21H24F4N4O. The zero-order valence-electron chi connectivity index (χ0n) is 16.4. The van der Waals surface area contributed by atoms with E-state index in [1.165, 1.54) is 4.90 Å². The molecule has 1 amide bonds. The molecule has 1 aromatic carbocycles. The Morgan fingerprint density at radius 1 is 1.13 bits per heavy atom. The highest BCUT2D eigenvalue weighted by Crippen LogP contribution is 2.41. The molecule has 5 unspecified atom stereocenters. The number of fused-ring (bicyclic) bond motifs is 2. The number of amides is 1. The molecule has 3 fully saturated rings. The number of piperidine rings is 1. The fourth-order valence-electron chi connectivity index (χ4n) is 5.29. The van der Waals surface area contributed by atoms with Crippen molar-refractivity contribution in [3.8, 4) is 6.07 Å². The Balaban J connectivity index is 1.43. The largest absolute Gasteiger partial charge is 0.322 e. The molecule has 0 saturated carbocycles. The maximum Gasteiger partial charge on any atom is 0.240 e. The third kappa shape index (κ3) is 3.79. The maximum absolute atomic E-state index is 14.1. The van der Waals surface area contributed by atoms with Gasteiger partial charge in [-0.25, -0.2) is 17.6 Å². The van der Waals surface area contributed by atoms with Gasteiger partial charge in [0.25, 0.3) is 0 Å². The topological polar surface area (TPSA) is 73.4 Å². The van der Waals surface area contributed by atoms with Gasteiger partial charge >= 0.3 is 0 Å². The number of carbonyl (C=O) groups is 1. The van der Waals surface area contributed by atoms with Crippen LogP contribution in [0.2, 0.25) is 0 Å². The summed E-state index contributed by atoms with van der Waals surface area (Å²) in [5.41, 5.74) is 6.36. The van der Waals surface area contributed by atoms with Gasteiger partial charge in [0, 0.05) is 36.7 Å². The van der Waals surface area contributed by atoms with E-state index in [0.29, 0.717) is 18.9 Å². The normalized spacial score (nSPS) is 32.3. The Bertz CT molecular complexity index is 861. The number of carbonyl (C=O) groups excluding carboxylic acids is 1. The third-order valence-corrected chi connectivity index (χ3v) is 6.84. The minimum atomic E-state index is -1.21. The van der Waals surface area contributed by atoms with E-state index < -0.39 is 41.6 Å². The highest BCUT2D eigenvalue weighted by atomic mass is 19.2. The van der Waals surface area contributed by atoms with Crippen LogP contribution in [0.15, 0.2) is 12.1 Å². The third-order valence-electron chi connectivity index (χ3n) is 6.84. The van der Waals surface area contributed by atoms with E-state index in [9.17, 15) is 27.6 Å². The summed E-state index contributed by atoms with van der Waals surface area (Å²) in [4.78, 5) is 16.2. The average molecular weight is 424 g/mol. The Labute approximate surface area is 172 Å². The molecule has 3 aliphatic rings. The second-order valence-electron chi connectivity index (χ2n) is 8.64. The lowest BCUT2D eigenvalue weighted by Gasteiger charge is -2.41. The minimum Gasteiger partial charge on any atom is -0.322 e. The van der Waals surface area contributed by atoms with E-state index in [1.807, 2.05) is 6.07 Å². The van der Waals surface area contributed by atoms with Gasteiger partial charge in [-0.15, -0.1) is 0 Å². The molecule has 0 aliphatic carbocycles. The van der Waals surface area contributed by atoms with Crippen LogP contribution in [0, 0.1) is 34.7 Å². The standard InChI is InChI=1S/C21H24F4N4O/c22-13-6-16(8-26)29(10-13)21(30)20(27)11-3-14-1-2-15(4-11)28(14)9-12-5-18(24)19(25)7-17(12)23/h5,7,11,13-16,20H,1-4,6,9-10,27H2. The molecule has 4 rings (SSSR count). The number of likely N-dealkylation sites (tertiary alicyclic amines) is 1. The van der Waals surface area contributed by atoms with Gasteiger partial charge in [-0.1, -0.05) is 0 Å². The van der Waals surface area contributed by atoms with Crippen LogP contribution in [-0.4, -0.2) is 52.6 Å². The summed E-state index contributed by atoms with van der Waals surface area (Å²) in [6.45, 7) is 0.0618. The quantitative estimate of drug-likeness (QED) is 0.596. The molecule has 1 aromatic rings. The van der Waals surface area contributed by atoms with Crippen molar-refractivity contribution in [3.05, 3.63) is 35.1 Å². The van der Waals surface area contributed by atoms with E-state index in [1.54, 1.807) is 0 Å². The average Bonchev–Trinajstić information content (AvgIpc) is 3.19. The zero-order chi connectivity index (χ0) is 21.6. The number of nitrogens with two attached hydrogens (primary N) is 1. The zero-order valence-corrected chi connectivity index (χ0v) is 16.4. The van der Waals surface area contributed by atoms with Crippen molar-refractivity contribution < 1.29 is 22.4 Å². The molecule has 162 valence electrons. The fraction of sp³-hybridized carbons (Fsp3) is 0.619. The molecule has 3 aliphatic heterocycles. The molecule has 2 bridgehead atoms. The van der Waals surface area contributed by atoms with Gasteiger partial charge < -0.3 is 10.6 Å². The van der Waals surface area contributed by atoms with Gasteiger partial charge in [-0.2, -0.15) is 5.26 Å². The molecule has 3 heterocycles. The first kappa shape index (κ1) is 21.1. The van der Waals surface area contributed by atoms with E-state index >= 15 is 0 Å². The SMILES string of the molecule is N#CC1CC(F)CN1C(=O)C(N)C1CC2CCC(C1)N2Cc1cc(F)c(F)cc1F. The lowest BCUT2D eigenvalue weighted by Crippen LogP contribution is -2.53. The molecule has 0 radical (unpaired) electrons. The van der Waals surface area contributed by atoms with Crippen molar-refractivity contribution in [2.75, 3.05) is 6.54 Å². The number of benzene rings is 1. The molecule has 0 aromatic heterocycles. The van der Waals surface area contributed by atoms with Crippen molar-refractivity contribution in [2.24, 2.45) is 11.7 Å². The molecule has 5 nitrogen and oxygen atoms in total. The summed E-state index contributed by atoms with van der Waals surface area (Å²) < 4.78 is 54.5. The Morgan fingerprint density at radius 2 is 1.77 bits per heavy atom. The predicted octanol–water partition coefficient (Wildman–Crippen LogP) is 2.64. The number of nitriles is 1. The van der Waals surface area contributed by atoms with E-state index in [-0.39, 0.29) is 43.1 Å². The summed E-state index contributed by atoms with van der Waals surface area (Å²) in [6.07, 6.45) is 1.72. The molecule has 3 saturated heterocycles. The van der Waals surface area contributed by atoms with Crippen molar-refractivity contribution in [3.63, 3.8) is 0 Å². The van der Waals surface area contributed by atoms with Crippen LogP contribution in [-0.2, 0) is 11.3 Å². The number of halogens is 4. The van der Waals surface area contributed by atoms with Gasteiger partial charge in [0.15, 0.2) is 11.6 Å². The van der Waals surface area contributed by atoms with E-state index in [4.69, 9.17) is 5.73 Å². The maximum atomic E-state index is 14.1. The second kappa shape index (κ2) is 8.16. The summed E-state index contributed by atoms with van der Waals surface area (Å²) in [7, 11) is 0. The minimum absolute atomic E-state index is 0.0123. The van der Waals surface area contributed by atoms with Crippen molar-refractivity contribution in [1.29, 1.82) is 5.26 Å². The smallest absolute Gasteiger partial charge is 0.240 e. The van der Waals surface area contributed by atoms with Gasteiger partial charge in [0.2, 0.25) is 5.91 Å². The summed E-state index contributed by atoms with van der Waals surface area (Å²) >= 11 is 0. The number of hydrogen-bond donors (Lipinski definition) is 1. The number of nitrogens with zero attached hydrogens (tertiary/aromatic N) is 3. The molecule has 2 N–H and O–H groups in total. The Morgan fingerprint density at radius 3 is 2.40 bits per heavy atom. The van der Waals surface area contributed by atoms with E-state index in [0.717, 1.165) is 18.9 Å². The molecule has 30 heavy (non-hydrogen) atoms. The second-order valence-corrected chi connectivity index (χ2v) is 8.64. The monoisotopic (exact) mass is 424 g/mol. The van der Waals surface area contributed by atoms with Crippen molar-refractivity contribution in [2.45, 2.75) is 69.0 Å². The van der Waals surface area contributed by atoms with Crippen LogP contribution in [0.4, 0.5) is 17.6 Å². The molecular weight excluding hydrogens is 400 g/mol. The predicted molar refractivity (Wildman–Crippen MR) is 100.0 cm³/mol. The van der Waals surface area contributed by atoms with Crippen molar-refractivity contribution >= 4 is 5.91 Å². The van der Waals surface area contributed by atoms with Crippen molar-refractivity contribution in [1.82, 2.24) is 9.80 Å². The molecule has 5 atom stereocenters. The number of rotatable bonds is 4. The molecule has 9 heteroatoms. The van der Waals surface area contributed by atoms with Gasteiger partial charge in [-0.3, -0.25) is 9.69 Å². The number of alkyl halides is 1. The van der Waals surface area contributed by atoms with Crippen LogP contribution < -0.4 is 5.73 Å². The van der Waals surface area contributed by atoms with Crippen LogP contribution in [0.5, 0.6) is 0 Å². The summed E-state index contributed by atoms with van der Waals surface area (Å²) in [5, 5.41) is 9.18. The highest BCUT2D eigenvalue weighted by molar-refractivity contribution is 5.83. The fourth-order valence-corrected chi connectivity index (χ4v) is 5.29. The van der Waals surface area contributed by atoms with Gasteiger partial charge in [-0.05, 0) is 37.7 Å². The number of hydrogen-bond acceptors (Lipinski definition) is 4. The first-order valence-electron chi connectivity index (χ1n) is 10.3. The Hall–Kier alpha value is -2.18. The highest BCUT2D eigenvalue weighted by Gasteiger charge is 2.46. The summed E-state index contributed by atoms with van der Waals surface area (Å²) in [5.74, 6) is -3.59. The van der Waals surface area contributed by atoms with E-state index in [2.05, 4.69) is 4.90 Å². The lowest BCUT2D eigenvalue weighted by molar-refractivity contribution is -0.134. The van der Waals surface area contributed by atoms with Crippen LogP contribution in [0.3, 0.4) is 0 Å². The lowest BCUT2D eigenvalue weighted by atomic mass is 9.84. The Kier molecular flexibility index (Phi) is 5.73.